The third-order valence-corrected chi connectivity index (χ3v) is 3.21. The lowest BCUT2D eigenvalue weighted by atomic mass is 10.1. The molecular weight excluding hydrogens is 280 g/mol. The molecular formula is C21H41N2+. The predicted molar refractivity (Wildman–Crippen MR) is 105 cm³/mol. The van der Waals surface area contributed by atoms with E-state index in [1.54, 1.807) is 0 Å². The molecule has 2 heteroatoms. The highest BCUT2D eigenvalue weighted by molar-refractivity contribution is 5.66. The van der Waals surface area contributed by atoms with Gasteiger partial charge in [0, 0.05) is 31.0 Å². The van der Waals surface area contributed by atoms with E-state index in [1.165, 1.54) is 0 Å². The molecule has 0 aliphatic heterocycles. The molecule has 0 saturated heterocycles. The fraction of sp³-hybridized carbons (Fsp3) is 0.762. The maximum Gasteiger partial charge on any atom is 0.163 e. The van der Waals surface area contributed by atoms with Crippen LogP contribution in [0.5, 0.6) is 0 Å². The fourth-order valence-electron chi connectivity index (χ4n) is 2.68. The van der Waals surface area contributed by atoms with E-state index < -0.39 is 0 Å². The minimum atomic E-state index is 0.696. The molecule has 0 saturated carbocycles. The third kappa shape index (κ3) is 14.3. The topological polar surface area (TPSA) is 6.25 Å². The van der Waals surface area contributed by atoms with E-state index in [9.17, 15) is 0 Å². The van der Waals surface area contributed by atoms with E-state index in [0.717, 1.165) is 26.2 Å². The first-order valence-corrected chi connectivity index (χ1v) is 9.37. The molecule has 0 spiro atoms. The summed E-state index contributed by atoms with van der Waals surface area (Å²) < 4.78 is 2.43. The van der Waals surface area contributed by atoms with E-state index in [-0.39, 0.29) is 0 Å². The lowest BCUT2D eigenvalue weighted by Gasteiger charge is -2.24. The first kappa shape index (κ1) is 21.9. The average Bonchev–Trinajstić information content (AvgIpc) is 2.34. The molecule has 0 N–H and O–H groups in total. The Morgan fingerprint density at radius 3 is 1.52 bits per heavy atom. The van der Waals surface area contributed by atoms with Crippen molar-refractivity contribution in [1.82, 2.24) is 4.90 Å². The lowest BCUT2D eigenvalue weighted by Crippen LogP contribution is -2.26. The van der Waals surface area contributed by atoms with Crippen LogP contribution in [0.1, 0.15) is 55.4 Å². The molecule has 23 heavy (non-hydrogen) atoms. The van der Waals surface area contributed by atoms with E-state index >= 15 is 0 Å². The quantitative estimate of drug-likeness (QED) is 0.293. The summed E-state index contributed by atoms with van der Waals surface area (Å²) in [5, 5.41) is 0. The molecule has 134 valence electrons. The van der Waals surface area contributed by atoms with Crippen LogP contribution in [-0.2, 0) is 0 Å². The van der Waals surface area contributed by atoms with Gasteiger partial charge in [0.25, 0.3) is 0 Å². The summed E-state index contributed by atoms with van der Waals surface area (Å²) in [6.45, 7) is 22.7. The Morgan fingerprint density at radius 2 is 1.13 bits per heavy atom. The van der Waals surface area contributed by atoms with Gasteiger partial charge in [0.05, 0.1) is 0 Å². The molecule has 0 fully saturated rings. The first-order chi connectivity index (χ1) is 10.7. The standard InChI is InChI=1S/C21H41N2/c1-18(2)14-22(15-19(3)4)12-10-9-11-13-23(16-20(5)6)17-21(7)8/h9-13,18-21H,14-17H2,1-8H3/q+1. The predicted octanol–water partition coefficient (Wildman–Crippen LogP) is 5.07. The van der Waals surface area contributed by atoms with Gasteiger partial charge >= 0.3 is 0 Å². The first-order valence-electron chi connectivity index (χ1n) is 9.37. The molecule has 0 aromatic rings. The van der Waals surface area contributed by atoms with Crippen molar-refractivity contribution >= 4 is 6.21 Å². The molecule has 0 bridgehead atoms. The van der Waals surface area contributed by atoms with Crippen molar-refractivity contribution < 1.29 is 4.58 Å². The third-order valence-electron chi connectivity index (χ3n) is 3.21. The van der Waals surface area contributed by atoms with Gasteiger partial charge in [-0.3, -0.25) is 0 Å². The van der Waals surface area contributed by atoms with Gasteiger partial charge in [-0.2, -0.15) is 0 Å². The zero-order valence-electron chi connectivity index (χ0n) is 16.9. The van der Waals surface area contributed by atoms with E-state index in [2.05, 4.69) is 95.5 Å². The Balaban J connectivity index is 4.66. The molecule has 0 radical (unpaired) electrons. The summed E-state index contributed by atoms with van der Waals surface area (Å²) in [6, 6.07) is 0. The summed E-state index contributed by atoms with van der Waals surface area (Å²) in [5.74, 6) is 2.78. The number of allylic oxidation sites excluding steroid dienone is 3. The Morgan fingerprint density at radius 1 is 0.652 bits per heavy atom. The number of hydrogen-bond donors (Lipinski definition) is 0. The summed E-state index contributed by atoms with van der Waals surface area (Å²) in [6.07, 6.45) is 11.0. The Bertz CT molecular complexity index is 351. The van der Waals surface area contributed by atoms with Gasteiger partial charge in [0.2, 0.25) is 0 Å². The second kappa shape index (κ2) is 12.4. The van der Waals surface area contributed by atoms with Gasteiger partial charge in [0.1, 0.15) is 13.1 Å². The van der Waals surface area contributed by atoms with Gasteiger partial charge in [-0.25, -0.2) is 4.58 Å². The van der Waals surface area contributed by atoms with Crippen LogP contribution in [-0.4, -0.2) is 41.9 Å². The maximum absolute atomic E-state index is 2.43. The summed E-state index contributed by atoms with van der Waals surface area (Å²) in [4.78, 5) is 2.43. The zero-order valence-corrected chi connectivity index (χ0v) is 16.9. The molecule has 0 rings (SSSR count). The molecule has 0 aliphatic carbocycles. The van der Waals surface area contributed by atoms with Gasteiger partial charge in [-0.05, 0) is 24.1 Å². The summed E-state index contributed by atoms with van der Waals surface area (Å²) in [5.41, 5.74) is 0. The zero-order chi connectivity index (χ0) is 17.8. The van der Waals surface area contributed by atoms with Crippen molar-refractivity contribution in [2.45, 2.75) is 55.4 Å². The molecule has 2 nitrogen and oxygen atoms in total. The van der Waals surface area contributed by atoms with Crippen LogP contribution in [0.2, 0.25) is 0 Å². The van der Waals surface area contributed by atoms with Crippen LogP contribution in [0.4, 0.5) is 0 Å². The van der Waals surface area contributed by atoms with Crippen LogP contribution >= 0.6 is 0 Å². The molecule has 0 atom stereocenters. The Hall–Kier alpha value is -1.05. The largest absolute Gasteiger partial charge is 0.377 e. The van der Waals surface area contributed by atoms with Gasteiger partial charge in [0.15, 0.2) is 6.21 Å². The molecule has 0 aromatic carbocycles. The van der Waals surface area contributed by atoms with E-state index in [1.807, 2.05) is 0 Å². The average molecular weight is 322 g/mol. The van der Waals surface area contributed by atoms with Gasteiger partial charge < -0.3 is 4.90 Å². The number of rotatable bonds is 11. The highest BCUT2D eigenvalue weighted by atomic mass is 15.1. The molecule has 0 amide bonds. The normalized spacial score (nSPS) is 12.5. The van der Waals surface area contributed by atoms with Crippen molar-refractivity contribution in [2.75, 3.05) is 26.2 Å². The van der Waals surface area contributed by atoms with Crippen molar-refractivity contribution in [3.05, 3.63) is 24.4 Å². The maximum atomic E-state index is 2.43. The van der Waals surface area contributed by atoms with Crippen LogP contribution in [0.15, 0.2) is 24.4 Å². The highest BCUT2D eigenvalue weighted by Crippen LogP contribution is 2.04. The van der Waals surface area contributed by atoms with Crippen LogP contribution < -0.4 is 0 Å². The lowest BCUT2D eigenvalue weighted by molar-refractivity contribution is -0.534. The summed E-state index contributed by atoms with van der Waals surface area (Å²) in [7, 11) is 0. The second-order valence-corrected chi connectivity index (χ2v) is 8.36. The molecule has 0 aromatic heterocycles. The fourth-order valence-corrected chi connectivity index (χ4v) is 2.68. The van der Waals surface area contributed by atoms with Crippen molar-refractivity contribution in [1.29, 1.82) is 0 Å². The smallest absolute Gasteiger partial charge is 0.163 e. The van der Waals surface area contributed by atoms with E-state index in [0.29, 0.717) is 23.7 Å². The Kier molecular flexibility index (Phi) is 11.8. The van der Waals surface area contributed by atoms with E-state index in [4.69, 9.17) is 0 Å². The minimum Gasteiger partial charge on any atom is -0.377 e. The Labute approximate surface area is 146 Å². The van der Waals surface area contributed by atoms with Crippen LogP contribution in [0.3, 0.4) is 0 Å². The van der Waals surface area contributed by atoms with Crippen LogP contribution in [0.25, 0.3) is 0 Å². The SMILES string of the molecule is CC(C)CN(/C=C/C=C/C=[N+](CC(C)C)CC(C)C)CC(C)C. The summed E-state index contributed by atoms with van der Waals surface area (Å²) >= 11 is 0. The minimum absolute atomic E-state index is 0.696. The van der Waals surface area contributed by atoms with Crippen molar-refractivity contribution in [2.24, 2.45) is 23.7 Å². The monoisotopic (exact) mass is 321 g/mol. The van der Waals surface area contributed by atoms with Gasteiger partial charge in [-0.15, -0.1) is 0 Å². The molecule has 0 aliphatic rings. The molecule has 0 heterocycles. The number of nitrogens with zero attached hydrogens (tertiary/aromatic N) is 2. The molecule has 0 unspecified atom stereocenters. The highest BCUT2D eigenvalue weighted by Gasteiger charge is 2.08. The van der Waals surface area contributed by atoms with Crippen molar-refractivity contribution in [3.8, 4) is 0 Å². The van der Waals surface area contributed by atoms with Crippen molar-refractivity contribution in [3.63, 3.8) is 0 Å². The second-order valence-electron chi connectivity index (χ2n) is 8.36. The van der Waals surface area contributed by atoms with Gasteiger partial charge in [-0.1, -0.05) is 61.5 Å². The number of hydrogen-bond acceptors (Lipinski definition) is 1. The van der Waals surface area contributed by atoms with Crippen LogP contribution in [0, 0.1) is 23.7 Å².